The second kappa shape index (κ2) is 8.02. The number of benzene rings is 1. The predicted octanol–water partition coefficient (Wildman–Crippen LogP) is 0.911. The second-order valence-corrected chi connectivity index (χ2v) is 6.35. The Bertz CT molecular complexity index is 581. The number of halogens is 2. The first-order valence-corrected chi connectivity index (χ1v) is 7.82. The molecule has 1 unspecified atom stereocenters. The monoisotopic (exact) mass is 341 g/mol. The highest BCUT2D eigenvalue weighted by atomic mass is 35.5. The van der Waals surface area contributed by atoms with Crippen LogP contribution in [0.3, 0.4) is 0 Å². The van der Waals surface area contributed by atoms with Crippen LogP contribution in [0.1, 0.15) is 5.56 Å². The summed E-state index contributed by atoms with van der Waals surface area (Å²) in [5, 5.41) is 8.76. The van der Waals surface area contributed by atoms with Crippen molar-refractivity contribution in [3.05, 3.63) is 28.5 Å². The summed E-state index contributed by atoms with van der Waals surface area (Å²) in [4.78, 5) is -0.319. The summed E-state index contributed by atoms with van der Waals surface area (Å²) in [5.41, 5.74) is -0.00257. The van der Waals surface area contributed by atoms with Crippen molar-refractivity contribution >= 4 is 21.6 Å². The highest BCUT2D eigenvalue weighted by Gasteiger charge is 2.20. The molecule has 1 aromatic rings. The summed E-state index contributed by atoms with van der Waals surface area (Å²) in [6.07, 6.45) is -0.473. The minimum Gasteiger partial charge on any atom is -0.392 e. The van der Waals surface area contributed by atoms with E-state index < -0.39 is 28.6 Å². The fourth-order valence-corrected chi connectivity index (χ4v) is 2.87. The first-order chi connectivity index (χ1) is 9.85. The van der Waals surface area contributed by atoms with E-state index in [4.69, 9.17) is 26.2 Å². The molecule has 0 amide bonds. The molecule has 9 heteroatoms. The highest BCUT2D eigenvalue weighted by Crippen LogP contribution is 2.24. The quantitative estimate of drug-likeness (QED) is 0.734. The molecule has 0 aliphatic carbocycles. The third-order valence-electron chi connectivity index (χ3n) is 2.74. The van der Waals surface area contributed by atoms with Gasteiger partial charge in [-0.25, -0.2) is 17.5 Å². The van der Waals surface area contributed by atoms with Crippen molar-refractivity contribution in [2.45, 2.75) is 17.6 Å². The number of ether oxygens (including phenoxy) is 2. The largest absolute Gasteiger partial charge is 0.392 e. The van der Waals surface area contributed by atoms with Crippen LogP contribution in [0, 0.1) is 5.82 Å². The molecule has 6 nitrogen and oxygen atoms in total. The van der Waals surface area contributed by atoms with Crippen LogP contribution in [0.15, 0.2) is 17.0 Å². The van der Waals surface area contributed by atoms with Crippen molar-refractivity contribution in [2.75, 3.05) is 27.4 Å². The van der Waals surface area contributed by atoms with E-state index in [1.54, 1.807) is 0 Å². The van der Waals surface area contributed by atoms with E-state index in [1.165, 1.54) is 14.2 Å². The summed E-state index contributed by atoms with van der Waals surface area (Å²) in [6.45, 7) is -0.398. The van der Waals surface area contributed by atoms with Crippen molar-refractivity contribution in [1.82, 2.24) is 4.72 Å². The molecule has 2 N–H and O–H groups in total. The molecule has 0 aliphatic rings. The zero-order valence-corrected chi connectivity index (χ0v) is 13.2. The minimum absolute atomic E-state index is 0.00257. The van der Waals surface area contributed by atoms with Crippen molar-refractivity contribution < 1.29 is 27.4 Å². The van der Waals surface area contributed by atoms with E-state index in [0.29, 0.717) is 0 Å². The van der Waals surface area contributed by atoms with Crippen LogP contribution in [0.2, 0.25) is 5.02 Å². The van der Waals surface area contributed by atoms with Crippen LogP contribution >= 0.6 is 11.6 Å². The van der Waals surface area contributed by atoms with Gasteiger partial charge in [0.05, 0.1) is 29.2 Å². The van der Waals surface area contributed by atoms with Crippen LogP contribution in [0.25, 0.3) is 0 Å². The number of hydrogen-bond donors (Lipinski definition) is 2. The zero-order chi connectivity index (χ0) is 16.0. The fourth-order valence-electron chi connectivity index (χ4n) is 1.57. The maximum atomic E-state index is 13.6. The Hall–Kier alpha value is -0.770. The summed E-state index contributed by atoms with van der Waals surface area (Å²) in [6, 6.07) is 1.91. The maximum absolute atomic E-state index is 13.6. The molecule has 0 heterocycles. The molecular weight excluding hydrogens is 325 g/mol. The average molecular weight is 342 g/mol. The van der Waals surface area contributed by atoms with Gasteiger partial charge >= 0.3 is 0 Å². The van der Waals surface area contributed by atoms with Crippen LogP contribution in [-0.2, 0) is 26.1 Å². The Morgan fingerprint density at radius 3 is 2.62 bits per heavy atom. The third-order valence-corrected chi connectivity index (χ3v) is 4.57. The topological polar surface area (TPSA) is 84.9 Å². The normalized spacial score (nSPS) is 13.4. The summed E-state index contributed by atoms with van der Waals surface area (Å²) < 4.78 is 49.9. The van der Waals surface area contributed by atoms with Crippen LogP contribution in [0.4, 0.5) is 4.39 Å². The molecule has 0 saturated heterocycles. The third kappa shape index (κ3) is 4.87. The van der Waals surface area contributed by atoms with E-state index in [0.717, 1.165) is 12.1 Å². The van der Waals surface area contributed by atoms with E-state index in [1.807, 2.05) is 0 Å². The molecule has 0 spiro atoms. The van der Waals surface area contributed by atoms with Crippen LogP contribution in [0.5, 0.6) is 0 Å². The molecule has 0 aromatic heterocycles. The smallest absolute Gasteiger partial charge is 0.240 e. The van der Waals surface area contributed by atoms with Gasteiger partial charge in [-0.3, -0.25) is 0 Å². The van der Waals surface area contributed by atoms with Crippen molar-refractivity contribution in [2.24, 2.45) is 0 Å². The SMILES string of the molecule is COCC(CNS(=O)(=O)c1cc(F)c(Cl)c(CO)c1)OC. The van der Waals surface area contributed by atoms with Gasteiger partial charge in [0.25, 0.3) is 0 Å². The van der Waals surface area contributed by atoms with Crippen molar-refractivity contribution in [1.29, 1.82) is 0 Å². The Kier molecular flexibility index (Phi) is 6.98. The number of aliphatic hydroxyl groups is 1. The zero-order valence-electron chi connectivity index (χ0n) is 11.6. The van der Waals surface area contributed by atoms with E-state index in [2.05, 4.69) is 4.72 Å². The summed E-state index contributed by atoms with van der Waals surface area (Å²) in [7, 11) is -1.07. The lowest BCUT2D eigenvalue weighted by Crippen LogP contribution is -2.35. The Morgan fingerprint density at radius 2 is 2.10 bits per heavy atom. The Morgan fingerprint density at radius 1 is 1.43 bits per heavy atom. The molecule has 0 bridgehead atoms. The van der Waals surface area contributed by atoms with Gasteiger partial charge in [0.2, 0.25) is 10.0 Å². The van der Waals surface area contributed by atoms with Gasteiger partial charge < -0.3 is 14.6 Å². The fraction of sp³-hybridized carbons (Fsp3) is 0.500. The molecule has 120 valence electrons. The van der Waals surface area contributed by atoms with Gasteiger partial charge in [0, 0.05) is 26.3 Å². The molecule has 0 radical (unpaired) electrons. The van der Waals surface area contributed by atoms with Crippen molar-refractivity contribution in [3.8, 4) is 0 Å². The van der Waals surface area contributed by atoms with E-state index in [-0.39, 0.29) is 28.6 Å². The highest BCUT2D eigenvalue weighted by molar-refractivity contribution is 7.89. The first-order valence-electron chi connectivity index (χ1n) is 5.95. The van der Waals surface area contributed by atoms with Crippen molar-refractivity contribution in [3.63, 3.8) is 0 Å². The van der Waals surface area contributed by atoms with Gasteiger partial charge in [0.1, 0.15) is 5.82 Å². The lowest BCUT2D eigenvalue weighted by molar-refractivity contribution is 0.0320. The Balaban J connectivity index is 2.95. The molecule has 21 heavy (non-hydrogen) atoms. The van der Waals surface area contributed by atoms with Gasteiger partial charge in [0.15, 0.2) is 0 Å². The summed E-state index contributed by atoms with van der Waals surface area (Å²) >= 11 is 5.62. The van der Waals surface area contributed by atoms with Gasteiger partial charge in [-0.1, -0.05) is 11.6 Å². The van der Waals surface area contributed by atoms with Gasteiger partial charge in [-0.15, -0.1) is 0 Å². The average Bonchev–Trinajstić information content (AvgIpc) is 2.46. The standard InChI is InChI=1S/C12H17ClFNO5S/c1-19-7-9(20-2)5-15-21(17,18)10-3-8(6-16)12(13)11(14)4-10/h3-4,9,15-16H,5-7H2,1-2H3. The number of nitrogens with one attached hydrogen (secondary N) is 1. The maximum Gasteiger partial charge on any atom is 0.240 e. The minimum atomic E-state index is -3.95. The first kappa shape index (κ1) is 18.3. The Labute approximate surface area is 127 Å². The summed E-state index contributed by atoms with van der Waals surface area (Å²) in [5.74, 6) is -0.913. The second-order valence-electron chi connectivity index (χ2n) is 4.20. The van der Waals surface area contributed by atoms with E-state index >= 15 is 0 Å². The number of methoxy groups -OCH3 is 2. The molecule has 1 rings (SSSR count). The molecular formula is C12H17ClFNO5S. The van der Waals surface area contributed by atoms with Crippen LogP contribution < -0.4 is 4.72 Å². The van der Waals surface area contributed by atoms with Gasteiger partial charge in [-0.2, -0.15) is 0 Å². The van der Waals surface area contributed by atoms with E-state index in [9.17, 15) is 12.8 Å². The number of sulfonamides is 1. The predicted molar refractivity (Wildman–Crippen MR) is 75.2 cm³/mol. The van der Waals surface area contributed by atoms with Gasteiger partial charge in [-0.05, 0) is 12.1 Å². The number of rotatable bonds is 8. The molecule has 0 fully saturated rings. The molecule has 0 aliphatic heterocycles. The molecule has 0 saturated carbocycles. The molecule has 1 aromatic carbocycles. The van der Waals surface area contributed by atoms with Crippen LogP contribution in [-0.4, -0.2) is 47.0 Å². The number of hydrogen-bond acceptors (Lipinski definition) is 5. The number of aliphatic hydroxyl groups excluding tert-OH is 1. The lowest BCUT2D eigenvalue weighted by Gasteiger charge is -2.15. The lowest BCUT2D eigenvalue weighted by atomic mass is 10.2. The molecule has 1 atom stereocenters.